The number of amides is 1. The van der Waals surface area contributed by atoms with Gasteiger partial charge in [0.1, 0.15) is 29.9 Å². The largest absolute Gasteiger partial charge is 0.388 e. The minimum Gasteiger partial charge on any atom is -0.388 e. The maximum absolute atomic E-state index is 12.9. The molecule has 0 aliphatic carbocycles. The number of likely N-dealkylation sites (N-methyl/N-ethyl adjacent to an activating group) is 1. The maximum Gasteiger partial charge on any atom is 0.237 e. The molecule has 7 nitrogen and oxygen atoms in total. The van der Waals surface area contributed by atoms with Crippen LogP contribution >= 0.6 is 23.4 Å². The highest BCUT2D eigenvalue weighted by Gasteiger charge is 2.48. The number of hydrogen-bond donors (Lipinski definition) is 4. The number of thioether (sulfide) groups is 1. The first kappa shape index (κ1) is 23.2. The Labute approximate surface area is 170 Å². The number of rotatable bonds is 7. The minimum atomic E-state index is -1.36. The second kappa shape index (κ2) is 10.1. The average Bonchev–Trinajstić information content (AvgIpc) is 2.99. The Hall–Kier alpha value is -0.0900. The zero-order chi connectivity index (χ0) is 20.3. The highest BCUT2D eigenvalue weighted by Crippen LogP contribution is 2.31. The summed E-state index contributed by atoms with van der Waals surface area (Å²) in [6.07, 6.45) is -0.0980. The molecular formula is C18H33ClN2O5S. The van der Waals surface area contributed by atoms with E-state index >= 15 is 0 Å². The van der Waals surface area contributed by atoms with E-state index in [9.17, 15) is 20.1 Å². The molecule has 0 radical (unpaired) electrons. The molecule has 2 saturated heterocycles. The number of nitrogens with zero attached hydrogens (tertiary/aromatic N) is 1. The van der Waals surface area contributed by atoms with Crippen LogP contribution in [0, 0.1) is 5.92 Å². The quantitative estimate of drug-likeness (QED) is 0.438. The summed E-state index contributed by atoms with van der Waals surface area (Å²) in [5.74, 6) is 0.350. The summed E-state index contributed by atoms with van der Waals surface area (Å²) < 4.78 is 5.79. The Balaban J connectivity index is 2.09. The highest BCUT2D eigenvalue weighted by atomic mass is 35.5. The Morgan fingerprint density at radius 2 is 2.00 bits per heavy atom. The van der Waals surface area contributed by atoms with Crippen LogP contribution in [0.15, 0.2) is 0 Å². The molecule has 9 atom stereocenters. The van der Waals surface area contributed by atoms with E-state index < -0.39 is 41.3 Å². The second-order valence-corrected chi connectivity index (χ2v) is 9.36. The van der Waals surface area contributed by atoms with Gasteiger partial charge in [-0.15, -0.1) is 23.4 Å². The minimum absolute atomic E-state index is 0.147. The number of hydrogen-bond acceptors (Lipinski definition) is 7. The summed E-state index contributed by atoms with van der Waals surface area (Å²) >= 11 is 7.55. The SMILES string of the molecule is CCC[C@H]1C[C@H](C(=O)NC(C(C)Cl)[C@H]2O[C@H](SC)[C@H](O)[C@@H](O)[C@H]2O)N(C)C1. The van der Waals surface area contributed by atoms with Crippen molar-refractivity contribution in [3.8, 4) is 0 Å². The van der Waals surface area contributed by atoms with Gasteiger partial charge in [-0.2, -0.15) is 0 Å². The number of aliphatic hydroxyl groups is 3. The van der Waals surface area contributed by atoms with Crippen molar-refractivity contribution in [2.45, 2.75) is 80.4 Å². The molecule has 2 heterocycles. The first-order valence-electron chi connectivity index (χ1n) is 9.58. The molecule has 2 unspecified atom stereocenters. The van der Waals surface area contributed by atoms with Crippen molar-refractivity contribution in [1.29, 1.82) is 0 Å². The molecule has 2 fully saturated rings. The van der Waals surface area contributed by atoms with Crippen LogP contribution in [0.2, 0.25) is 0 Å². The standard InChI is InChI=1S/C18H33ClN2O5S/c1-5-6-10-7-11(21(3)8-10)17(25)20-12(9(2)19)16-14(23)13(22)15(24)18(26-16)27-4/h9-16,18,22-24H,5-8H2,1-4H3,(H,20,25)/t9?,10-,11+,12?,13-,14+,15+,16+,18+/m0/s1. The van der Waals surface area contributed by atoms with Crippen LogP contribution in [0.5, 0.6) is 0 Å². The molecule has 1 amide bonds. The molecule has 27 heavy (non-hydrogen) atoms. The molecule has 0 spiro atoms. The van der Waals surface area contributed by atoms with Gasteiger partial charge in [0.05, 0.1) is 17.5 Å². The molecule has 2 aliphatic heterocycles. The van der Waals surface area contributed by atoms with Crippen LogP contribution in [0.4, 0.5) is 0 Å². The fourth-order valence-corrected chi connectivity index (χ4v) is 5.00. The third-order valence-electron chi connectivity index (χ3n) is 5.63. The van der Waals surface area contributed by atoms with E-state index in [0.717, 1.165) is 25.8 Å². The predicted octanol–water partition coefficient (Wildman–Crippen LogP) is 0.390. The Bertz CT molecular complexity index is 498. The van der Waals surface area contributed by atoms with E-state index in [1.165, 1.54) is 11.8 Å². The molecular weight excluding hydrogens is 392 g/mol. The van der Waals surface area contributed by atoms with Gasteiger partial charge in [0, 0.05) is 6.54 Å². The summed E-state index contributed by atoms with van der Waals surface area (Å²) in [5, 5.41) is 33.0. The van der Waals surface area contributed by atoms with Gasteiger partial charge in [-0.3, -0.25) is 9.69 Å². The van der Waals surface area contributed by atoms with Gasteiger partial charge in [0.2, 0.25) is 5.91 Å². The van der Waals surface area contributed by atoms with Crippen LogP contribution < -0.4 is 5.32 Å². The number of aliphatic hydroxyl groups excluding tert-OH is 3. The lowest BCUT2D eigenvalue weighted by Crippen LogP contribution is -2.65. The van der Waals surface area contributed by atoms with Crippen molar-refractivity contribution in [3.05, 3.63) is 0 Å². The average molecular weight is 425 g/mol. The molecule has 9 heteroatoms. The normalized spacial score (nSPS) is 39.9. The van der Waals surface area contributed by atoms with Gasteiger partial charge in [-0.25, -0.2) is 0 Å². The van der Waals surface area contributed by atoms with Crippen molar-refractivity contribution in [2.24, 2.45) is 5.92 Å². The van der Waals surface area contributed by atoms with Crippen LogP contribution in [0.3, 0.4) is 0 Å². The van der Waals surface area contributed by atoms with Gasteiger partial charge >= 0.3 is 0 Å². The van der Waals surface area contributed by atoms with E-state index in [4.69, 9.17) is 16.3 Å². The monoisotopic (exact) mass is 424 g/mol. The summed E-state index contributed by atoms with van der Waals surface area (Å²) in [5.41, 5.74) is -0.702. The van der Waals surface area contributed by atoms with Crippen molar-refractivity contribution in [3.63, 3.8) is 0 Å². The first-order chi connectivity index (χ1) is 12.7. The van der Waals surface area contributed by atoms with Crippen molar-refractivity contribution < 1.29 is 24.9 Å². The molecule has 0 saturated carbocycles. The number of likely N-dealkylation sites (tertiary alicyclic amines) is 1. The summed E-state index contributed by atoms with van der Waals surface area (Å²) in [4.78, 5) is 14.9. The predicted molar refractivity (Wildman–Crippen MR) is 107 cm³/mol. The molecule has 4 N–H and O–H groups in total. The fourth-order valence-electron chi connectivity index (χ4n) is 4.11. The maximum atomic E-state index is 12.9. The molecule has 158 valence electrons. The summed E-state index contributed by atoms with van der Waals surface area (Å²) in [6, 6.07) is -0.934. The number of carbonyl (C=O) groups is 1. The van der Waals surface area contributed by atoms with E-state index in [2.05, 4.69) is 12.2 Å². The Morgan fingerprint density at radius 3 is 2.56 bits per heavy atom. The van der Waals surface area contributed by atoms with Crippen LogP contribution in [0.25, 0.3) is 0 Å². The Morgan fingerprint density at radius 1 is 1.33 bits per heavy atom. The topological polar surface area (TPSA) is 102 Å². The summed E-state index contributed by atoms with van der Waals surface area (Å²) in [6.45, 7) is 4.74. The fraction of sp³-hybridized carbons (Fsp3) is 0.944. The third-order valence-corrected chi connectivity index (χ3v) is 6.76. The zero-order valence-electron chi connectivity index (χ0n) is 16.4. The number of carbonyl (C=O) groups excluding carboxylic acids is 1. The smallest absolute Gasteiger partial charge is 0.237 e. The number of ether oxygens (including phenoxy) is 1. The Kier molecular flexibility index (Phi) is 8.67. The first-order valence-corrected chi connectivity index (χ1v) is 11.3. The zero-order valence-corrected chi connectivity index (χ0v) is 18.0. The molecule has 0 aromatic rings. The molecule has 0 aromatic heterocycles. The lowest BCUT2D eigenvalue weighted by Gasteiger charge is -2.44. The number of alkyl halides is 1. The van der Waals surface area contributed by atoms with Gasteiger partial charge in [-0.1, -0.05) is 13.3 Å². The molecule has 2 rings (SSSR count). The van der Waals surface area contributed by atoms with Gasteiger partial charge in [0.25, 0.3) is 0 Å². The van der Waals surface area contributed by atoms with Crippen LogP contribution in [0.1, 0.15) is 33.1 Å². The van der Waals surface area contributed by atoms with Gasteiger partial charge in [0.15, 0.2) is 0 Å². The van der Waals surface area contributed by atoms with E-state index in [0.29, 0.717) is 5.92 Å². The van der Waals surface area contributed by atoms with Gasteiger partial charge in [-0.05, 0) is 39.0 Å². The third kappa shape index (κ3) is 5.29. The van der Waals surface area contributed by atoms with E-state index in [1.807, 2.05) is 11.9 Å². The molecule has 0 aromatic carbocycles. The molecule has 2 aliphatic rings. The lowest BCUT2D eigenvalue weighted by atomic mass is 9.92. The highest BCUT2D eigenvalue weighted by molar-refractivity contribution is 7.99. The number of halogens is 1. The van der Waals surface area contributed by atoms with Crippen LogP contribution in [-0.2, 0) is 9.53 Å². The second-order valence-electron chi connectivity index (χ2n) is 7.73. The summed E-state index contributed by atoms with van der Waals surface area (Å²) in [7, 11) is 1.94. The van der Waals surface area contributed by atoms with Gasteiger partial charge < -0.3 is 25.4 Å². The molecule has 0 bridgehead atoms. The van der Waals surface area contributed by atoms with E-state index in [1.54, 1.807) is 13.2 Å². The van der Waals surface area contributed by atoms with Crippen LogP contribution in [-0.4, -0.2) is 93.3 Å². The van der Waals surface area contributed by atoms with E-state index in [-0.39, 0.29) is 11.9 Å². The van der Waals surface area contributed by atoms with Crippen molar-refractivity contribution >= 4 is 29.3 Å². The lowest BCUT2D eigenvalue weighted by molar-refractivity contribution is -0.205. The van der Waals surface area contributed by atoms with Crippen molar-refractivity contribution in [1.82, 2.24) is 10.2 Å². The van der Waals surface area contributed by atoms with Crippen molar-refractivity contribution in [2.75, 3.05) is 19.8 Å². The number of nitrogens with one attached hydrogen (secondary N) is 1.